The molecule has 0 saturated heterocycles. The normalized spacial score (nSPS) is 13.9. The molecule has 2 aromatic carbocycles. The van der Waals surface area contributed by atoms with Crippen LogP contribution in [0.2, 0.25) is 0 Å². The topological polar surface area (TPSA) is 32.3 Å². The number of aliphatic hydroxyl groups excluding tert-OH is 1. The van der Waals surface area contributed by atoms with Gasteiger partial charge in [-0.05, 0) is 29.7 Å². The Labute approximate surface area is 119 Å². The summed E-state index contributed by atoms with van der Waals surface area (Å²) in [5.41, 5.74) is 1.91. The minimum Gasteiger partial charge on any atom is -0.387 e. The van der Waals surface area contributed by atoms with Crippen molar-refractivity contribution < 1.29 is 9.50 Å². The average Bonchev–Trinajstić information content (AvgIpc) is 2.49. The van der Waals surface area contributed by atoms with Gasteiger partial charge in [-0.25, -0.2) is 4.39 Å². The zero-order valence-electron chi connectivity index (χ0n) is 11.6. The smallest absolute Gasteiger partial charge is 0.123 e. The minimum atomic E-state index is -0.635. The molecule has 0 radical (unpaired) electrons. The summed E-state index contributed by atoms with van der Waals surface area (Å²) < 4.78 is 12.9. The second-order valence-electron chi connectivity index (χ2n) is 4.88. The lowest BCUT2D eigenvalue weighted by Gasteiger charge is -2.23. The highest BCUT2D eigenvalue weighted by Gasteiger charge is 2.18. The second kappa shape index (κ2) is 7.17. The SMILES string of the molecule is CCC(NCc1ccccc1)C(O)c1ccc(F)cc1. The van der Waals surface area contributed by atoms with Crippen LogP contribution in [0, 0.1) is 5.82 Å². The third-order valence-electron chi connectivity index (χ3n) is 3.44. The molecule has 2 nitrogen and oxygen atoms in total. The molecule has 0 amide bonds. The number of aliphatic hydroxyl groups is 1. The van der Waals surface area contributed by atoms with Crippen molar-refractivity contribution in [2.45, 2.75) is 32.0 Å². The first kappa shape index (κ1) is 14.7. The van der Waals surface area contributed by atoms with E-state index in [0.717, 1.165) is 12.0 Å². The van der Waals surface area contributed by atoms with Gasteiger partial charge in [0, 0.05) is 12.6 Å². The Morgan fingerprint density at radius 1 is 1.05 bits per heavy atom. The van der Waals surface area contributed by atoms with Gasteiger partial charge in [0.25, 0.3) is 0 Å². The molecule has 3 heteroatoms. The molecule has 0 aliphatic rings. The van der Waals surface area contributed by atoms with Gasteiger partial charge in [-0.2, -0.15) is 0 Å². The van der Waals surface area contributed by atoms with Crippen LogP contribution in [0.3, 0.4) is 0 Å². The van der Waals surface area contributed by atoms with E-state index in [1.807, 2.05) is 37.3 Å². The lowest BCUT2D eigenvalue weighted by atomic mass is 10.00. The van der Waals surface area contributed by atoms with E-state index < -0.39 is 6.10 Å². The van der Waals surface area contributed by atoms with Gasteiger partial charge in [-0.3, -0.25) is 0 Å². The number of hydrogen-bond donors (Lipinski definition) is 2. The fraction of sp³-hybridized carbons (Fsp3) is 0.294. The van der Waals surface area contributed by atoms with Crippen molar-refractivity contribution in [2.24, 2.45) is 0 Å². The van der Waals surface area contributed by atoms with Gasteiger partial charge in [0.15, 0.2) is 0 Å². The summed E-state index contributed by atoms with van der Waals surface area (Å²) in [7, 11) is 0. The van der Waals surface area contributed by atoms with Gasteiger partial charge >= 0.3 is 0 Å². The highest BCUT2D eigenvalue weighted by atomic mass is 19.1. The second-order valence-corrected chi connectivity index (χ2v) is 4.88. The first-order valence-corrected chi connectivity index (χ1v) is 6.91. The van der Waals surface area contributed by atoms with Gasteiger partial charge in [0.05, 0.1) is 6.10 Å². The Bertz CT molecular complexity index is 512. The highest BCUT2D eigenvalue weighted by Crippen LogP contribution is 2.19. The standard InChI is InChI=1S/C17H20FNO/c1-2-16(19-12-13-6-4-3-5-7-13)17(20)14-8-10-15(18)11-9-14/h3-11,16-17,19-20H,2,12H2,1H3. The molecule has 0 bridgehead atoms. The predicted molar refractivity (Wildman–Crippen MR) is 78.7 cm³/mol. The Morgan fingerprint density at radius 2 is 1.70 bits per heavy atom. The summed E-state index contributed by atoms with van der Waals surface area (Å²) in [6.07, 6.45) is 0.162. The van der Waals surface area contributed by atoms with E-state index in [-0.39, 0.29) is 11.9 Å². The fourth-order valence-corrected chi connectivity index (χ4v) is 2.22. The fourth-order valence-electron chi connectivity index (χ4n) is 2.22. The van der Waals surface area contributed by atoms with Crippen LogP contribution in [-0.2, 0) is 6.54 Å². The lowest BCUT2D eigenvalue weighted by molar-refractivity contribution is 0.125. The number of benzene rings is 2. The van der Waals surface area contributed by atoms with Crippen LogP contribution >= 0.6 is 0 Å². The zero-order chi connectivity index (χ0) is 14.4. The van der Waals surface area contributed by atoms with Crippen LogP contribution in [0.1, 0.15) is 30.6 Å². The van der Waals surface area contributed by atoms with Crippen LogP contribution < -0.4 is 5.32 Å². The molecule has 2 aromatic rings. The summed E-state index contributed by atoms with van der Waals surface area (Å²) in [6.45, 7) is 2.73. The van der Waals surface area contributed by atoms with E-state index in [4.69, 9.17) is 0 Å². The average molecular weight is 273 g/mol. The Balaban J connectivity index is 1.98. The van der Waals surface area contributed by atoms with Crippen LogP contribution in [-0.4, -0.2) is 11.1 Å². The molecule has 106 valence electrons. The van der Waals surface area contributed by atoms with Gasteiger partial charge in [0.2, 0.25) is 0 Å². The molecule has 0 spiro atoms. The third-order valence-corrected chi connectivity index (χ3v) is 3.44. The maximum absolute atomic E-state index is 12.9. The van der Waals surface area contributed by atoms with E-state index in [1.54, 1.807) is 12.1 Å². The van der Waals surface area contributed by atoms with E-state index in [9.17, 15) is 9.50 Å². The molecule has 2 unspecified atom stereocenters. The zero-order valence-corrected chi connectivity index (χ0v) is 11.6. The van der Waals surface area contributed by atoms with Crippen molar-refractivity contribution in [1.82, 2.24) is 5.32 Å². The van der Waals surface area contributed by atoms with Crippen molar-refractivity contribution in [3.05, 3.63) is 71.5 Å². The molecule has 2 N–H and O–H groups in total. The molecule has 0 saturated carbocycles. The molecular weight excluding hydrogens is 253 g/mol. The largest absolute Gasteiger partial charge is 0.387 e. The summed E-state index contributed by atoms with van der Waals surface area (Å²) in [6, 6.07) is 16.0. The van der Waals surface area contributed by atoms with Gasteiger partial charge < -0.3 is 10.4 Å². The molecule has 0 aliphatic carbocycles. The summed E-state index contributed by atoms with van der Waals surface area (Å²) in [4.78, 5) is 0. The van der Waals surface area contributed by atoms with Crippen LogP contribution in [0.15, 0.2) is 54.6 Å². The first-order valence-electron chi connectivity index (χ1n) is 6.91. The lowest BCUT2D eigenvalue weighted by Crippen LogP contribution is -2.34. The van der Waals surface area contributed by atoms with Crippen molar-refractivity contribution in [1.29, 1.82) is 0 Å². The molecular formula is C17H20FNO. The Kier molecular flexibility index (Phi) is 5.27. The predicted octanol–water partition coefficient (Wildman–Crippen LogP) is 3.43. The summed E-state index contributed by atoms with van der Waals surface area (Å²) in [5, 5.41) is 13.7. The maximum Gasteiger partial charge on any atom is 0.123 e. The van der Waals surface area contributed by atoms with E-state index in [1.165, 1.54) is 17.7 Å². The molecule has 0 aromatic heterocycles. The van der Waals surface area contributed by atoms with E-state index >= 15 is 0 Å². The number of rotatable bonds is 6. The van der Waals surface area contributed by atoms with Crippen molar-refractivity contribution >= 4 is 0 Å². The van der Waals surface area contributed by atoms with Crippen LogP contribution in [0.5, 0.6) is 0 Å². The molecule has 2 rings (SSSR count). The minimum absolute atomic E-state index is 0.0549. The molecule has 0 fully saturated rings. The quantitative estimate of drug-likeness (QED) is 0.845. The van der Waals surface area contributed by atoms with Crippen molar-refractivity contribution in [2.75, 3.05) is 0 Å². The third kappa shape index (κ3) is 3.89. The number of halogens is 1. The molecule has 0 heterocycles. The molecule has 20 heavy (non-hydrogen) atoms. The summed E-state index contributed by atoms with van der Waals surface area (Å²) in [5.74, 6) is -0.286. The van der Waals surface area contributed by atoms with Crippen molar-refractivity contribution in [3.8, 4) is 0 Å². The first-order chi connectivity index (χ1) is 9.70. The molecule has 2 atom stereocenters. The Hall–Kier alpha value is -1.71. The van der Waals surface area contributed by atoms with E-state index in [2.05, 4.69) is 5.32 Å². The molecule has 0 aliphatic heterocycles. The van der Waals surface area contributed by atoms with Gasteiger partial charge in [0.1, 0.15) is 5.82 Å². The number of nitrogens with one attached hydrogen (secondary N) is 1. The van der Waals surface area contributed by atoms with Gasteiger partial charge in [-0.1, -0.05) is 49.4 Å². The highest BCUT2D eigenvalue weighted by molar-refractivity contribution is 5.20. The monoisotopic (exact) mass is 273 g/mol. The van der Waals surface area contributed by atoms with E-state index in [0.29, 0.717) is 6.54 Å². The number of hydrogen-bond acceptors (Lipinski definition) is 2. The summed E-state index contributed by atoms with van der Waals surface area (Å²) >= 11 is 0. The van der Waals surface area contributed by atoms with Crippen molar-refractivity contribution in [3.63, 3.8) is 0 Å². The van der Waals surface area contributed by atoms with Crippen LogP contribution in [0.25, 0.3) is 0 Å². The van der Waals surface area contributed by atoms with Gasteiger partial charge in [-0.15, -0.1) is 0 Å². The maximum atomic E-state index is 12.9. The van der Waals surface area contributed by atoms with Crippen LogP contribution in [0.4, 0.5) is 4.39 Å². The Morgan fingerprint density at radius 3 is 2.30 bits per heavy atom.